The smallest absolute Gasteiger partial charge is 0.162 e. The number of halogens is 1. The summed E-state index contributed by atoms with van der Waals surface area (Å²) in [7, 11) is 1.54. The number of methoxy groups -OCH3 is 1. The number of oxime groups is 1. The van der Waals surface area contributed by atoms with Gasteiger partial charge in [0.15, 0.2) is 11.5 Å². The van der Waals surface area contributed by atoms with Crippen molar-refractivity contribution < 1.29 is 19.1 Å². The van der Waals surface area contributed by atoms with Crippen LogP contribution in [0.2, 0.25) is 0 Å². The van der Waals surface area contributed by atoms with E-state index in [0.29, 0.717) is 17.1 Å². The van der Waals surface area contributed by atoms with E-state index >= 15 is 0 Å². The van der Waals surface area contributed by atoms with Gasteiger partial charge in [-0.25, -0.2) is 4.39 Å². The maximum atomic E-state index is 12.8. The number of benzene rings is 2. The van der Waals surface area contributed by atoms with Crippen LogP contribution < -0.4 is 9.47 Å². The highest BCUT2D eigenvalue weighted by atomic mass is 19.1. The molecule has 0 unspecified atom stereocenters. The first-order chi connectivity index (χ1) is 9.72. The van der Waals surface area contributed by atoms with Crippen molar-refractivity contribution in [3.8, 4) is 11.5 Å². The van der Waals surface area contributed by atoms with Gasteiger partial charge in [0.1, 0.15) is 12.4 Å². The van der Waals surface area contributed by atoms with Crippen molar-refractivity contribution in [2.75, 3.05) is 7.11 Å². The molecule has 0 spiro atoms. The first kappa shape index (κ1) is 13.9. The molecule has 0 aliphatic heterocycles. The standard InChI is InChI=1S/C15H14FNO3/c1-19-14-7-4-12(9-17-18)8-15(14)20-10-11-2-5-13(16)6-3-11/h2-9,18H,10H2,1H3/b17-9-. The second-order valence-corrected chi connectivity index (χ2v) is 4.07. The molecule has 0 bridgehead atoms. The topological polar surface area (TPSA) is 51.0 Å². The Morgan fingerprint density at radius 3 is 2.55 bits per heavy atom. The lowest BCUT2D eigenvalue weighted by Gasteiger charge is -2.11. The van der Waals surface area contributed by atoms with E-state index in [2.05, 4.69) is 5.16 Å². The SMILES string of the molecule is COc1ccc(/C=N\O)cc1OCc1ccc(F)cc1. The minimum Gasteiger partial charge on any atom is -0.493 e. The van der Waals surface area contributed by atoms with Gasteiger partial charge in [-0.15, -0.1) is 0 Å². The minimum absolute atomic E-state index is 0.285. The average Bonchev–Trinajstić information content (AvgIpc) is 2.47. The third-order valence-electron chi connectivity index (χ3n) is 2.70. The Morgan fingerprint density at radius 2 is 1.90 bits per heavy atom. The van der Waals surface area contributed by atoms with Gasteiger partial charge in [-0.2, -0.15) is 0 Å². The van der Waals surface area contributed by atoms with Gasteiger partial charge in [0.2, 0.25) is 0 Å². The monoisotopic (exact) mass is 275 g/mol. The van der Waals surface area contributed by atoms with Crippen molar-refractivity contribution in [3.63, 3.8) is 0 Å². The molecule has 0 amide bonds. The lowest BCUT2D eigenvalue weighted by Crippen LogP contribution is -1.98. The normalized spacial score (nSPS) is 10.7. The summed E-state index contributed by atoms with van der Waals surface area (Å²) in [5.74, 6) is 0.809. The highest BCUT2D eigenvalue weighted by Crippen LogP contribution is 2.28. The molecule has 0 aliphatic carbocycles. The van der Waals surface area contributed by atoms with Crippen LogP contribution in [-0.2, 0) is 6.61 Å². The molecule has 0 aliphatic rings. The molecule has 2 aromatic rings. The zero-order valence-electron chi connectivity index (χ0n) is 10.9. The Kier molecular flexibility index (Phi) is 4.55. The van der Waals surface area contributed by atoms with Crippen molar-refractivity contribution in [3.05, 3.63) is 59.4 Å². The van der Waals surface area contributed by atoms with Gasteiger partial charge in [-0.1, -0.05) is 17.3 Å². The van der Waals surface area contributed by atoms with E-state index < -0.39 is 0 Å². The summed E-state index contributed by atoms with van der Waals surface area (Å²) in [4.78, 5) is 0. The second-order valence-electron chi connectivity index (χ2n) is 4.07. The van der Waals surface area contributed by atoms with Crippen molar-refractivity contribution in [2.45, 2.75) is 6.61 Å². The maximum absolute atomic E-state index is 12.8. The van der Waals surface area contributed by atoms with Crippen LogP contribution in [0.15, 0.2) is 47.6 Å². The number of ether oxygens (including phenoxy) is 2. The highest BCUT2D eigenvalue weighted by Gasteiger charge is 2.06. The van der Waals surface area contributed by atoms with E-state index in [9.17, 15) is 4.39 Å². The number of nitrogens with zero attached hydrogens (tertiary/aromatic N) is 1. The summed E-state index contributed by atoms with van der Waals surface area (Å²) in [6, 6.07) is 11.2. The molecule has 2 aromatic carbocycles. The van der Waals surface area contributed by atoms with Crippen LogP contribution in [-0.4, -0.2) is 18.5 Å². The molecule has 20 heavy (non-hydrogen) atoms. The van der Waals surface area contributed by atoms with E-state index in [1.165, 1.54) is 18.3 Å². The molecular formula is C15H14FNO3. The molecule has 0 fully saturated rings. The molecule has 0 heterocycles. The van der Waals surface area contributed by atoms with Gasteiger partial charge in [-0.05, 0) is 35.9 Å². The van der Waals surface area contributed by atoms with Gasteiger partial charge in [0, 0.05) is 5.56 Å². The van der Waals surface area contributed by atoms with E-state index in [-0.39, 0.29) is 12.4 Å². The fourth-order valence-corrected chi connectivity index (χ4v) is 1.69. The average molecular weight is 275 g/mol. The summed E-state index contributed by atoms with van der Waals surface area (Å²) >= 11 is 0. The molecule has 0 aromatic heterocycles. The summed E-state index contributed by atoms with van der Waals surface area (Å²) < 4.78 is 23.7. The van der Waals surface area contributed by atoms with Gasteiger partial charge < -0.3 is 14.7 Å². The Bertz CT molecular complexity index is 597. The van der Waals surface area contributed by atoms with Crippen LogP contribution in [0.1, 0.15) is 11.1 Å². The zero-order valence-corrected chi connectivity index (χ0v) is 10.9. The summed E-state index contributed by atoms with van der Waals surface area (Å²) in [6.45, 7) is 0.288. The summed E-state index contributed by atoms with van der Waals surface area (Å²) in [5, 5.41) is 11.5. The van der Waals surface area contributed by atoms with Crippen molar-refractivity contribution >= 4 is 6.21 Å². The molecule has 2 rings (SSSR count). The Labute approximate surface area is 116 Å². The third-order valence-corrected chi connectivity index (χ3v) is 2.70. The van der Waals surface area contributed by atoms with Gasteiger partial charge >= 0.3 is 0 Å². The fraction of sp³-hybridized carbons (Fsp3) is 0.133. The number of hydrogen-bond donors (Lipinski definition) is 1. The zero-order chi connectivity index (χ0) is 14.4. The van der Waals surface area contributed by atoms with Gasteiger partial charge in [0.05, 0.1) is 13.3 Å². The fourth-order valence-electron chi connectivity index (χ4n) is 1.69. The van der Waals surface area contributed by atoms with Crippen LogP contribution in [0.25, 0.3) is 0 Å². The number of rotatable bonds is 5. The largest absolute Gasteiger partial charge is 0.493 e. The quantitative estimate of drug-likeness (QED) is 0.518. The second kappa shape index (κ2) is 6.56. The Morgan fingerprint density at radius 1 is 1.15 bits per heavy atom. The van der Waals surface area contributed by atoms with Gasteiger partial charge in [-0.3, -0.25) is 0 Å². The van der Waals surface area contributed by atoms with Crippen molar-refractivity contribution in [1.29, 1.82) is 0 Å². The van der Waals surface area contributed by atoms with Crippen molar-refractivity contribution in [1.82, 2.24) is 0 Å². The lowest BCUT2D eigenvalue weighted by atomic mass is 10.2. The lowest BCUT2D eigenvalue weighted by molar-refractivity contribution is 0.284. The molecule has 104 valence electrons. The van der Waals surface area contributed by atoms with E-state index in [0.717, 1.165) is 5.56 Å². The molecule has 0 saturated carbocycles. The third kappa shape index (κ3) is 3.47. The summed E-state index contributed by atoms with van der Waals surface area (Å²) in [5.41, 5.74) is 1.53. The van der Waals surface area contributed by atoms with E-state index in [4.69, 9.17) is 14.7 Å². The summed E-state index contributed by atoms with van der Waals surface area (Å²) in [6.07, 6.45) is 1.30. The van der Waals surface area contributed by atoms with Crippen LogP contribution in [0.4, 0.5) is 4.39 Å². The predicted molar refractivity (Wildman–Crippen MR) is 73.1 cm³/mol. The Balaban J connectivity index is 2.14. The minimum atomic E-state index is -0.285. The van der Waals surface area contributed by atoms with E-state index in [1.807, 2.05) is 0 Å². The molecule has 1 N–H and O–H groups in total. The first-order valence-electron chi connectivity index (χ1n) is 5.95. The van der Waals surface area contributed by atoms with Crippen LogP contribution in [0.3, 0.4) is 0 Å². The van der Waals surface area contributed by atoms with Crippen LogP contribution in [0.5, 0.6) is 11.5 Å². The van der Waals surface area contributed by atoms with Crippen LogP contribution >= 0.6 is 0 Å². The molecule has 5 heteroatoms. The maximum Gasteiger partial charge on any atom is 0.162 e. The number of hydrogen-bond acceptors (Lipinski definition) is 4. The predicted octanol–water partition coefficient (Wildman–Crippen LogP) is 3.22. The van der Waals surface area contributed by atoms with E-state index in [1.54, 1.807) is 37.4 Å². The molecule has 0 atom stereocenters. The molecule has 0 saturated heterocycles. The molecular weight excluding hydrogens is 261 g/mol. The molecule has 0 radical (unpaired) electrons. The molecule has 4 nitrogen and oxygen atoms in total. The van der Waals surface area contributed by atoms with Gasteiger partial charge in [0.25, 0.3) is 0 Å². The Hall–Kier alpha value is -2.56. The van der Waals surface area contributed by atoms with Crippen LogP contribution in [0, 0.1) is 5.82 Å². The highest BCUT2D eigenvalue weighted by molar-refractivity contribution is 5.80. The first-order valence-corrected chi connectivity index (χ1v) is 5.95. The van der Waals surface area contributed by atoms with Crippen molar-refractivity contribution in [2.24, 2.45) is 5.16 Å².